The third kappa shape index (κ3) is 5.79. The lowest BCUT2D eigenvalue weighted by Gasteiger charge is -2.35. The monoisotopic (exact) mass is 904 g/mol. The minimum absolute atomic E-state index is 0.155. The molecular formula is C65H48N2OS. The number of aryl methyl sites for hydroxylation is 3. The topological polar surface area (TPSA) is 19.6 Å². The van der Waals surface area contributed by atoms with Crippen molar-refractivity contribution in [2.45, 2.75) is 45.6 Å². The van der Waals surface area contributed by atoms with E-state index in [2.05, 4.69) is 238 Å². The van der Waals surface area contributed by atoms with Crippen LogP contribution in [0.25, 0.3) is 64.4 Å². The van der Waals surface area contributed by atoms with Crippen molar-refractivity contribution in [3.63, 3.8) is 0 Å². The summed E-state index contributed by atoms with van der Waals surface area (Å²) in [5.41, 5.74) is 22.1. The van der Waals surface area contributed by atoms with Gasteiger partial charge in [-0.1, -0.05) is 150 Å². The van der Waals surface area contributed by atoms with Crippen LogP contribution in [0.3, 0.4) is 0 Å². The predicted octanol–water partition coefficient (Wildman–Crippen LogP) is 18.1. The molecule has 0 saturated heterocycles. The molecule has 9 aromatic carbocycles. The van der Waals surface area contributed by atoms with Crippen molar-refractivity contribution in [1.82, 2.24) is 0 Å². The van der Waals surface area contributed by atoms with Crippen LogP contribution in [0.2, 0.25) is 0 Å². The van der Waals surface area contributed by atoms with E-state index in [-0.39, 0.29) is 6.04 Å². The molecule has 4 heteroatoms. The number of anilines is 5. The second kappa shape index (κ2) is 15.0. The van der Waals surface area contributed by atoms with E-state index in [1.165, 1.54) is 104 Å². The molecule has 0 saturated carbocycles. The zero-order valence-electron chi connectivity index (χ0n) is 39.0. The van der Waals surface area contributed by atoms with Crippen molar-refractivity contribution in [2.75, 3.05) is 9.80 Å². The highest BCUT2D eigenvalue weighted by Gasteiger charge is 2.54. The van der Waals surface area contributed by atoms with Gasteiger partial charge in [0, 0.05) is 76.6 Å². The third-order valence-corrected chi connectivity index (χ3v) is 16.4. The summed E-state index contributed by atoms with van der Waals surface area (Å²) in [6, 6.07) is 68.4. The van der Waals surface area contributed by atoms with E-state index in [1.807, 2.05) is 11.3 Å². The van der Waals surface area contributed by atoms with Crippen LogP contribution in [-0.4, -0.2) is 6.04 Å². The van der Waals surface area contributed by atoms with Crippen LogP contribution in [0.1, 0.15) is 52.3 Å². The van der Waals surface area contributed by atoms with Gasteiger partial charge in [-0.15, -0.1) is 11.3 Å². The molecule has 2 heterocycles. The van der Waals surface area contributed by atoms with Gasteiger partial charge in [-0.25, -0.2) is 0 Å². The number of furan rings is 1. The van der Waals surface area contributed by atoms with Crippen molar-refractivity contribution in [1.29, 1.82) is 0 Å². The lowest BCUT2D eigenvalue weighted by atomic mass is 9.70. The highest BCUT2D eigenvalue weighted by atomic mass is 32.1. The number of allylic oxidation sites excluding steroid dienone is 2. The SMILES string of the molecule is CC1=CCC(N(c2ccc(C)cc2)c2ccc3c(c2)C2(c4ccccc4-c4ccccc42)c2c-3c3sc4ccccc4c3c3c2oc2cc(N(c4ccc(C)cc4)c4ccc(C)cc4)ccc23)C=C1. The van der Waals surface area contributed by atoms with Gasteiger partial charge in [0.1, 0.15) is 11.2 Å². The average Bonchev–Trinajstić information content (AvgIpc) is 4.12. The van der Waals surface area contributed by atoms with Gasteiger partial charge in [-0.05, 0) is 134 Å². The molecule has 69 heavy (non-hydrogen) atoms. The molecule has 1 unspecified atom stereocenters. The van der Waals surface area contributed by atoms with Gasteiger partial charge in [0.15, 0.2) is 0 Å². The minimum atomic E-state index is -0.666. The van der Waals surface area contributed by atoms with E-state index in [9.17, 15) is 0 Å². The summed E-state index contributed by atoms with van der Waals surface area (Å²) in [7, 11) is 0. The summed E-state index contributed by atoms with van der Waals surface area (Å²) in [5, 5.41) is 4.85. The zero-order valence-corrected chi connectivity index (χ0v) is 39.9. The highest BCUT2D eigenvalue weighted by molar-refractivity contribution is 7.26. The first-order valence-electron chi connectivity index (χ1n) is 24.2. The molecule has 11 aromatic rings. The summed E-state index contributed by atoms with van der Waals surface area (Å²) >= 11 is 1.92. The van der Waals surface area contributed by atoms with Gasteiger partial charge >= 0.3 is 0 Å². The number of hydrogen-bond acceptors (Lipinski definition) is 4. The first-order valence-corrected chi connectivity index (χ1v) is 25.0. The van der Waals surface area contributed by atoms with Gasteiger partial charge in [0.05, 0.1) is 11.5 Å². The van der Waals surface area contributed by atoms with E-state index >= 15 is 0 Å². The highest BCUT2D eigenvalue weighted by Crippen LogP contribution is 2.67. The molecule has 1 atom stereocenters. The molecule has 0 fully saturated rings. The normalized spacial score (nSPS) is 15.2. The summed E-state index contributed by atoms with van der Waals surface area (Å²) < 4.78 is 10.3. The molecule has 0 N–H and O–H groups in total. The maximum atomic E-state index is 7.69. The van der Waals surface area contributed by atoms with Crippen molar-refractivity contribution in [2.24, 2.45) is 0 Å². The summed E-state index contributed by atoms with van der Waals surface area (Å²) in [4.78, 5) is 4.91. The predicted molar refractivity (Wildman–Crippen MR) is 292 cm³/mol. The van der Waals surface area contributed by atoms with Crippen LogP contribution in [-0.2, 0) is 5.41 Å². The Morgan fingerprint density at radius 3 is 1.77 bits per heavy atom. The van der Waals surface area contributed by atoms with Crippen LogP contribution in [0.5, 0.6) is 0 Å². The smallest absolute Gasteiger partial charge is 0.141 e. The summed E-state index contributed by atoms with van der Waals surface area (Å²) in [6.45, 7) is 8.66. The summed E-state index contributed by atoms with van der Waals surface area (Å²) in [6.07, 6.45) is 7.98. The summed E-state index contributed by atoms with van der Waals surface area (Å²) in [5.74, 6) is 0. The molecule has 3 aliphatic rings. The number of rotatable bonds is 6. The van der Waals surface area contributed by atoms with Gasteiger partial charge in [0.2, 0.25) is 0 Å². The molecule has 2 aromatic heterocycles. The lowest BCUT2D eigenvalue weighted by molar-refractivity contribution is 0.653. The van der Waals surface area contributed by atoms with Crippen LogP contribution in [0.4, 0.5) is 28.4 Å². The van der Waals surface area contributed by atoms with E-state index in [0.29, 0.717) is 0 Å². The van der Waals surface area contributed by atoms with Crippen molar-refractivity contribution < 1.29 is 4.42 Å². The first kappa shape index (κ1) is 40.2. The Morgan fingerprint density at radius 2 is 1.12 bits per heavy atom. The van der Waals surface area contributed by atoms with E-state index in [1.54, 1.807) is 0 Å². The van der Waals surface area contributed by atoms with Gasteiger partial charge < -0.3 is 14.2 Å². The van der Waals surface area contributed by atoms with E-state index in [4.69, 9.17) is 4.42 Å². The van der Waals surface area contributed by atoms with Crippen LogP contribution >= 0.6 is 11.3 Å². The van der Waals surface area contributed by atoms with Gasteiger partial charge in [-0.2, -0.15) is 0 Å². The van der Waals surface area contributed by atoms with Gasteiger partial charge in [-0.3, -0.25) is 0 Å². The molecule has 0 aliphatic heterocycles. The van der Waals surface area contributed by atoms with Crippen molar-refractivity contribution in [3.05, 3.63) is 245 Å². The minimum Gasteiger partial charge on any atom is -0.456 e. The standard InChI is InChI=1S/C65H48N2OS/c1-39-17-25-43(26-18-39)66(44-27-19-40(2)20-28-44)47-33-35-51-56(37-47)65(54-14-8-5-11-49(54)50-12-6-9-15-55(50)65)62-61(51)64-60(53-13-7-10-16-58(53)69-64)59-52-36-34-48(38-57(52)68-63(59)62)67(45-29-21-41(3)22-30-45)46-31-23-42(4)24-32-46/h5-27,29-38,44H,28H2,1-4H3. The molecule has 3 aliphatic carbocycles. The Hall–Kier alpha value is -7.92. The van der Waals surface area contributed by atoms with E-state index in [0.717, 1.165) is 40.0 Å². The zero-order chi connectivity index (χ0) is 46.1. The molecule has 3 nitrogen and oxygen atoms in total. The van der Waals surface area contributed by atoms with Crippen molar-refractivity contribution in [3.8, 4) is 22.3 Å². The van der Waals surface area contributed by atoms with Crippen LogP contribution < -0.4 is 9.80 Å². The molecule has 0 bridgehead atoms. The average molecular weight is 905 g/mol. The Bertz CT molecular complexity index is 3890. The van der Waals surface area contributed by atoms with Crippen LogP contribution in [0, 0.1) is 20.8 Å². The lowest BCUT2D eigenvalue weighted by Crippen LogP contribution is -2.31. The quantitative estimate of drug-likeness (QED) is 0.166. The molecule has 0 radical (unpaired) electrons. The fourth-order valence-corrected chi connectivity index (χ4v) is 13.4. The number of hydrogen-bond donors (Lipinski definition) is 0. The van der Waals surface area contributed by atoms with E-state index < -0.39 is 5.41 Å². The number of nitrogens with zero attached hydrogens (tertiary/aromatic N) is 2. The molecule has 1 spiro atoms. The number of benzene rings is 9. The molecule has 14 rings (SSSR count). The Labute approximate surface area is 406 Å². The Balaban J connectivity index is 1.10. The largest absolute Gasteiger partial charge is 0.456 e. The van der Waals surface area contributed by atoms with Crippen molar-refractivity contribution >= 4 is 81.9 Å². The molecular weight excluding hydrogens is 857 g/mol. The third-order valence-electron chi connectivity index (χ3n) is 15.3. The molecule has 330 valence electrons. The first-order chi connectivity index (χ1) is 33.8. The maximum absolute atomic E-state index is 7.69. The fraction of sp³-hybridized carbons (Fsp3) is 0.108. The second-order valence-electron chi connectivity index (χ2n) is 19.4. The number of thiophene rings is 1. The Kier molecular flexibility index (Phi) is 8.76. The number of fused-ring (bicyclic) bond motifs is 19. The second-order valence-corrected chi connectivity index (χ2v) is 20.5. The fourth-order valence-electron chi connectivity index (χ4n) is 12.1. The molecule has 0 amide bonds. The van der Waals surface area contributed by atoms with Crippen LogP contribution in [0.15, 0.2) is 210 Å². The maximum Gasteiger partial charge on any atom is 0.141 e. The van der Waals surface area contributed by atoms with Gasteiger partial charge in [0.25, 0.3) is 0 Å². The Morgan fingerprint density at radius 1 is 0.522 bits per heavy atom.